The molecule has 0 bridgehead atoms. The van der Waals surface area contributed by atoms with Crippen molar-refractivity contribution < 1.29 is 20.4 Å². The van der Waals surface area contributed by atoms with E-state index in [9.17, 15) is 0 Å². The third kappa shape index (κ3) is 10.3. The monoisotopic (exact) mass is 585 g/mol. The third-order valence-corrected chi connectivity index (χ3v) is 12.7. The van der Waals surface area contributed by atoms with Gasteiger partial charge in [0.2, 0.25) is 0 Å². The first kappa shape index (κ1) is 32.4. The minimum absolute atomic E-state index is 0. The summed E-state index contributed by atoms with van der Waals surface area (Å²) < 4.78 is 0. The van der Waals surface area contributed by atoms with Gasteiger partial charge >= 0.3 is 0 Å². The topological polar surface area (TPSA) is 0 Å². The Bertz CT molecular complexity index is 689. The largest absolute Gasteiger partial charge is 0.0955 e. The Morgan fingerprint density at radius 1 is 0.531 bits per heavy atom. The van der Waals surface area contributed by atoms with Crippen LogP contribution in [0.15, 0.2) is 48.5 Å². The van der Waals surface area contributed by atoms with Gasteiger partial charge in [0.1, 0.15) is 0 Å². The van der Waals surface area contributed by atoms with E-state index in [-0.39, 0.29) is 28.3 Å². The van der Waals surface area contributed by atoms with Gasteiger partial charge in [-0.3, -0.25) is 0 Å². The van der Waals surface area contributed by atoms with Crippen molar-refractivity contribution in [3.05, 3.63) is 59.7 Å². The van der Waals surface area contributed by atoms with Crippen LogP contribution in [0.25, 0.3) is 0 Å². The Morgan fingerprint density at radius 2 is 0.781 bits per heavy atom. The number of rotatable bonds is 8. The molecule has 0 saturated carbocycles. The molecule has 0 spiro atoms. The molecule has 2 rings (SSSR count). The zero-order chi connectivity index (χ0) is 23.7. The molecule has 0 N–H and O–H groups in total. The SMILES string of the molecule is CC(C)[PH+](c1ccccc1Cc1ccccc1[PH+](C(C)C)C(C)C)C(C)C.C[PH+](C)C.[Pd]. The van der Waals surface area contributed by atoms with Gasteiger partial charge in [0.05, 0.1) is 33.2 Å². The first-order valence-electron chi connectivity index (χ1n) is 12.1. The van der Waals surface area contributed by atoms with Crippen molar-refractivity contribution in [2.24, 2.45) is 0 Å². The second-order valence-electron chi connectivity index (χ2n) is 10.5. The Morgan fingerprint density at radius 3 is 1.03 bits per heavy atom. The standard InChI is InChI=1S/C25H38P2.C3H9P.Pd/c1-18(2)26(19(3)4)24-15-11-9-13-22(24)17-23-14-10-12-16-25(23)27(20(5)6)21(7)8;1-4(2)3;/h9-16,18-21H,17H2,1-8H3;1-3H3;/p+3. The average molecular weight is 586 g/mol. The van der Waals surface area contributed by atoms with Crippen LogP contribution in [0.2, 0.25) is 0 Å². The first-order valence-corrected chi connectivity index (χ1v) is 18.4. The van der Waals surface area contributed by atoms with E-state index in [1.807, 2.05) is 0 Å². The zero-order valence-electron chi connectivity index (χ0n) is 22.5. The molecule has 0 fully saturated rings. The summed E-state index contributed by atoms with van der Waals surface area (Å²) in [5.74, 6) is 0. The van der Waals surface area contributed by atoms with Crippen molar-refractivity contribution in [3.63, 3.8) is 0 Å². The minimum atomic E-state index is -0.562. The van der Waals surface area contributed by atoms with Crippen molar-refractivity contribution in [2.45, 2.75) is 84.4 Å². The van der Waals surface area contributed by atoms with Gasteiger partial charge in [-0.25, -0.2) is 0 Å². The van der Waals surface area contributed by atoms with Gasteiger partial charge in [0, 0.05) is 62.7 Å². The summed E-state index contributed by atoms with van der Waals surface area (Å²) in [6, 6.07) is 18.6. The molecular formula is C28H50P3Pd+3. The van der Waals surface area contributed by atoms with Gasteiger partial charge in [-0.05, 0) is 86.6 Å². The zero-order valence-corrected chi connectivity index (χ0v) is 27.0. The van der Waals surface area contributed by atoms with Crippen molar-refractivity contribution in [3.8, 4) is 0 Å². The van der Waals surface area contributed by atoms with E-state index in [2.05, 4.69) is 124 Å². The summed E-state index contributed by atoms with van der Waals surface area (Å²) >= 11 is 0. The second-order valence-corrected chi connectivity index (χ2v) is 21.0. The van der Waals surface area contributed by atoms with Crippen LogP contribution < -0.4 is 10.6 Å². The van der Waals surface area contributed by atoms with Crippen LogP contribution >= 0.6 is 23.8 Å². The summed E-state index contributed by atoms with van der Waals surface area (Å²) in [7, 11) is -1.00. The predicted molar refractivity (Wildman–Crippen MR) is 158 cm³/mol. The minimum Gasteiger partial charge on any atom is -0.0617 e. The molecule has 0 nitrogen and oxygen atoms in total. The molecule has 0 aliphatic rings. The van der Waals surface area contributed by atoms with Gasteiger partial charge < -0.3 is 0 Å². The van der Waals surface area contributed by atoms with Crippen LogP contribution in [0.1, 0.15) is 66.5 Å². The van der Waals surface area contributed by atoms with Gasteiger partial charge in [0.15, 0.2) is 0 Å². The van der Waals surface area contributed by atoms with Crippen LogP contribution in [-0.2, 0) is 26.8 Å². The van der Waals surface area contributed by atoms with Crippen LogP contribution in [-0.4, -0.2) is 42.6 Å². The molecule has 0 unspecified atom stereocenters. The molecule has 0 amide bonds. The van der Waals surface area contributed by atoms with Gasteiger partial charge in [-0.2, -0.15) is 0 Å². The van der Waals surface area contributed by atoms with Gasteiger partial charge in [-0.1, -0.05) is 36.4 Å². The molecule has 0 aliphatic heterocycles. The molecule has 32 heavy (non-hydrogen) atoms. The molecule has 0 atom stereocenters. The molecule has 0 saturated heterocycles. The Kier molecular flexibility index (Phi) is 16.3. The molecular weight excluding hydrogens is 536 g/mol. The molecule has 0 aromatic heterocycles. The van der Waals surface area contributed by atoms with Crippen molar-refractivity contribution in [1.82, 2.24) is 0 Å². The quantitative estimate of drug-likeness (QED) is 0.220. The predicted octanol–water partition coefficient (Wildman–Crippen LogP) is 7.68. The summed E-state index contributed by atoms with van der Waals surface area (Å²) in [6.07, 6.45) is 1.09. The number of benzene rings is 2. The van der Waals surface area contributed by atoms with Crippen LogP contribution in [0, 0.1) is 0 Å². The van der Waals surface area contributed by atoms with Gasteiger partial charge in [-0.15, -0.1) is 0 Å². The Labute approximate surface area is 218 Å². The summed E-state index contributed by atoms with van der Waals surface area (Å²) in [6.45, 7) is 26.1. The molecule has 2 aromatic carbocycles. The molecule has 0 aliphatic carbocycles. The fourth-order valence-corrected chi connectivity index (χ4v) is 11.5. The third-order valence-electron chi connectivity index (χ3n) is 5.53. The fraction of sp³-hybridized carbons (Fsp3) is 0.571. The Balaban J connectivity index is 0.00000177. The van der Waals surface area contributed by atoms with Crippen molar-refractivity contribution >= 4 is 34.4 Å². The molecule has 2 aromatic rings. The first-order chi connectivity index (χ1) is 14.5. The summed E-state index contributed by atoms with van der Waals surface area (Å²) in [5, 5.41) is 3.32. The maximum Gasteiger partial charge on any atom is 0.0955 e. The second kappa shape index (κ2) is 16.1. The molecule has 0 radical (unpaired) electrons. The van der Waals surface area contributed by atoms with E-state index in [0.29, 0.717) is 0 Å². The maximum atomic E-state index is 2.42. The Hall–Kier alpha value is 0.392. The molecule has 184 valence electrons. The normalized spacial score (nSPS) is 11.6. The van der Waals surface area contributed by atoms with Crippen LogP contribution in [0.5, 0.6) is 0 Å². The van der Waals surface area contributed by atoms with E-state index in [1.54, 1.807) is 21.7 Å². The summed E-state index contributed by atoms with van der Waals surface area (Å²) in [4.78, 5) is 0. The smallest absolute Gasteiger partial charge is 0.0617 e. The van der Waals surface area contributed by atoms with E-state index < -0.39 is 15.8 Å². The van der Waals surface area contributed by atoms with Crippen LogP contribution in [0.3, 0.4) is 0 Å². The van der Waals surface area contributed by atoms with Crippen molar-refractivity contribution in [1.29, 1.82) is 0 Å². The molecule has 0 heterocycles. The van der Waals surface area contributed by atoms with E-state index in [4.69, 9.17) is 0 Å². The van der Waals surface area contributed by atoms with E-state index in [1.165, 1.54) is 0 Å². The van der Waals surface area contributed by atoms with Crippen LogP contribution in [0.4, 0.5) is 0 Å². The van der Waals surface area contributed by atoms with E-state index in [0.717, 1.165) is 29.1 Å². The maximum absolute atomic E-state index is 2.42. The fourth-order valence-electron chi connectivity index (χ4n) is 4.69. The average Bonchev–Trinajstić information content (AvgIpc) is 2.63. The van der Waals surface area contributed by atoms with Crippen molar-refractivity contribution in [2.75, 3.05) is 20.0 Å². The summed E-state index contributed by atoms with van der Waals surface area (Å²) in [5.41, 5.74) is 6.18. The molecule has 4 heteroatoms. The number of hydrogen-bond donors (Lipinski definition) is 0. The number of hydrogen-bond acceptors (Lipinski definition) is 0. The van der Waals surface area contributed by atoms with E-state index >= 15 is 0 Å². The van der Waals surface area contributed by atoms with Gasteiger partial charge in [0.25, 0.3) is 0 Å².